The van der Waals surface area contributed by atoms with E-state index in [-0.39, 0.29) is 18.4 Å². The van der Waals surface area contributed by atoms with Gasteiger partial charge in [0.1, 0.15) is 6.23 Å². The molecule has 15 heavy (non-hydrogen) atoms. The minimum absolute atomic E-state index is 0.0266. The second-order valence-electron chi connectivity index (χ2n) is 4.34. The summed E-state index contributed by atoms with van der Waals surface area (Å²) in [6, 6.07) is 8.32. The molecule has 1 aliphatic carbocycles. The van der Waals surface area contributed by atoms with Crippen LogP contribution in [0.3, 0.4) is 0 Å². The third kappa shape index (κ3) is 1.67. The summed E-state index contributed by atoms with van der Waals surface area (Å²) in [7, 11) is 0. The smallest absolute Gasteiger partial charge is 0.135 e. The first-order chi connectivity index (χ1) is 7.33. The van der Waals surface area contributed by atoms with E-state index in [1.54, 1.807) is 0 Å². The first-order valence-corrected chi connectivity index (χ1v) is 5.47. The SMILES string of the molecule is O[C@H]1C[C@@H](OC2NCc3ccccc32)C1. The highest BCUT2D eigenvalue weighted by atomic mass is 16.5. The fourth-order valence-corrected chi connectivity index (χ4v) is 2.23. The third-order valence-electron chi connectivity index (χ3n) is 3.21. The average molecular weight is 205 g/mol. The molecule has 0 saturated heterocycles. The van der Waals surface area contributed by atoms with Gasteiger partial charge in [-0.05, 0) is 24.0 Å². The van der Waals surface area contributed by atoms with Gasteiger partial charge in [-0.1, -0.05) is 24.3 Å². The summed E-state index contributed by atoms with van der Waals surface area (Å²) >= 11 is 0. The zero-order chi connectivity index (χ0) is 10.3. The first-order valence-electron chi connectivity index (χ1n) is 5.47. The van der Waals surface area contributed by atoms with E-state index in [2.05, 4.69) is 23.5 Å². The molecule has 2 N–H and O–H groups in total. The molecule has 3 rings (SSSR count). The molecular formula is C12H15NO2. The van der Waals surface area contributed by atoms with E-state index in [1.807, 2.05) is 6.07 Å². The Balaban J connectivity index is 1.69. The Kier molecular flexibility index (Phi) is 2.24. The number of fused-ring (bicyclic) bond motifs is 1. The number of ether oxygens (including phenoxy) is 1. The number of rotatable bonds is 2. The van der Waals surface area contributed by atoms with Crippen LogP contribution < -0.4 is 5.32 Å². The van der Waals surface area contributed by atoms with Gasteiger partial charge in [-0.2, -0.15) is 0 Å². The maximum absolute atomic E-state index is 9.19. The molecular weight excluding hydrogens is 190 g/mol. The number of nitrogens with one attached hydrogen (secondary N) is 1. The van der Waals surface area contributed by atoms with Gasteiger partial charge in [-0.25, -0.2) is 0 Å². The number of hydrogen-bond donors (Lipinski definition) is 2. The molecule has 80 valence electrons. The Hall–Kier alpha value is -0.900. The quantitative estimate of drug-likeness (QED) is 0.765. The molecule has 1 aromatic carbocycles. The number of aliphatic hydroxyl groups excluding tert-OH is 1. The molecule has 1 fully saturated rings. The topological polar surface area (TPSA) is 41.5 Å². The van der Waals surface area contributed by atoms with E-state index in [4.69, 9.17) is 4.74 Å². The molecule has 1 unspecified atom stereocenters. The first kappa shape index (κ1) is 9.33. The van der Waals surface area contributed by atoms with Crippen LogP contribution in [0.1, 0.15) is 30.2 Å². The molecule has 0 spiro atoms. The van der Waals surface area contributed by atoms with Crippen LogP contribution in [-0.2, 0) is 11.3 Å². The minimum Gasteiger partial charge on any atom is -0.393 e. The molecule has 3 heteroatoms. The Morgan fingerprint density at radius 2 is 2.07 bits per heavy atom. The van der Waals surface area contributed by atoms with Gasteiger partial charge >= 0.3 is 0 Å². The van der Waals surface area contributed by atoms with Crippen LogP contribution in [0.15, 0.2) is 24.3 Å². The summed E-state index contributed by atoms with van der Waals surface area (Å²) in [4.78, 5) is 0. The lowest BCUT2D eigenvalue weighted by Crippen LogP contribution is -2.37. The van der Waals surface area contributed by atoms with E-state index in [0.29, 0.717) is 0 Å². The number of hydrogen-bond acceptors (Lipinski definition) is 3. The summed E-state index contributed by atoms with van der Waals surface area (Å²) in [6.45, 7) is 0.885. The fourth-order valence-electron chi connectivity index (χ4n) is 2.23. The van der Waals surface area contributed by atoms with Crippen molar-refractivity contribution in [2.75, 3.05) is 0 Å². The maximum atomic E-state index is 9.19. The summed E-state index contributed by atoms with van der Waals surface area (Å²) in [5, 5.41) is 12.5. The fraction of sp³-hybridized carbons (Fsp3) is 0.500. The van der Waals surface area contributed by atoms with Crippen LogP contribution in [0, 0.1) is 0 Å². The standard InChI is InChI=1S/C12H15NO2/c14-9-5-10(6-9)15-12-11-4-2-1-3-8(11)7-13-12/h1-4,9-10,12-14H,5-7H2/t9-,10+,12?. The number of aliphatic hydroxyl groups is 1. The molecule has 3 nitrogen and oxygen atoms in total. The third-order valence-corrected chi connectivity index (χ3v) is 3.21. The van der Waals surface area contributed by atoms with Gasteiger partial charge in [0.25, 0.3) is 0 Å². The van der Waals surface area contributed by atoms with Gasteiger partial charge < -0.3 is 9.84 Å². The van der Waals surface area contributed by atoms with Crippen LogP contribution in [-0.4, -0.2) is 17.3 Å². The summed E-state index contributed by atoms with van der Waals surface area (Å²) in [5.74, 6) is 0. The number of benzene rings is 1. The molecule has 1 aliphatic heterocycles. The van der Waals surface area contributed by atoms with Crippen LogP contribution in [0.2, 0.25) is 0 Å². The van der Waals surface area contributed by atoms with Gasteiger partial charge in [0.05, 0.1) is 12.2 Å². The van der Waals surface area contributed by atoms with Crippen molar-refractivity contribution in [1.29, 1.82) is 0 Å². The lowest BCUT2D eigenvalue weighted by Gasteiger charge is -2.33. The Labute approximate surface area is 89.1 Å². The largest absolute Gasteiger partial charge is 0.393 e. The predicted molar refractivity (Wildman–Crippen MR) is 56.1 cm³/mol. The lowest BCUT2D eigenvalue weighted by molar-refractivity contribution is -0.112. The van der Waals surface area contributed by atoms with Crippen molar-refractivity contribution in [3.8, 4) is 0 Å². The Morgan fingerprint density at radius 3 is 2.87 bits per heavy atom. The molecule has 1 saturated carbocycles. The van der Waals surface area contributed by atoms with Gasteiger partial charge in [0.15, 0.2) is 0 Å². The van der Waals surface area contributed by atoms with E-state index in [9.17, 15) is 5.11 Å². The molecule has 1 aromatic rings. The average Bonchev–Trinajstić information content (AvgIpc) is 2.60. The van der Waals surface area contributed by atoms with E-state index in [1.165, 1.54) is 11.1 Å². The zero-order valence-corrected chi connectivity index (χ0v) is 8.52. The van der Waals surface area contributed by atoms with Crippen molar-refractivity contribution >= 4 is 0 Å². The molecule has 0 bridgehead atoms. The monoisotopic (exact) mass is 205 g/mol. The summed E-state index contributed by atoms with van der Waals surface area (Å²) in [5.41, 5.74) is 2.57. The zero-order valence-electron chi connectivity index (χ0n) is 8.52. The molecule has 0 amide bonds. The van der Waals surface area contributed by atoms with Crippen molar-refractivity contribution in [2.45, 2.75) is 37.8 Å². The van der Waals surface area contributed by atoms with Crippen LogP contribution >= 0.6 is 0 Å². The Morgan fingerprint density at radius 1 is 1.27 bits per heavy atom. The lowest BCUT2D eigenvalue weighted by atomic mass is 9.92. The van der Waals surface area contributed by atoms with Gasteiger partial charge in [0.2, 0.25) is 0 Å². The molecule has 0 aromatic heterocycles. The van der Waals surface area contributed by atoms with Crippen LogP contribution in [0.5, 0.6) is 0 Å². The second-order valence-corrected chi connectivity index (χ2v) is 4.34. The van der Waals surface area contributed by atoms with Crippen molar-refractivity contribution in [3.63, 3.8) is 0 Å². The predicted octanol–water partition coefficient (Wildman–Crippen LogP) is 1.33. The van der Waals surface area contributed by atoms with E-state index in [0.717, 1.165) is 19.4 Å². The molecule has 0 radical (unpaired) electrons. The van der Waals surface area contributed by atoms with Gasteiger partial charge in [-0.3, -0.25) is 5.32 Å². The van der Waals surface area contributed by atoms with Crippen LogP contribution in [0.25, 0.3) is 0 Å². The molecule has 2 aliphatic rings. The highest BCUT2D eigenvalue weighted by molar-refractivity contribution is 5.32. The van der Waals surface area contributed by atoms with Crippen molar-refractivity contribution < 1.29 is 9.84 Å². The van der Waals surface area contributed by atoms with Crippen molar-refractivity contribution in [1.82, 2.24) is 5.32 Å². The Bertz CT molecular complexity index is 360. The van der Waals surface area contributed by atoms with E-state index >= 15 is 0 Å². The normalized spacial score (nSPS) is 33.5. The minimum atomic E-state index is -0.147. The van der Waals surface area contributed by atoms with Crippen molar-refractivity contribution in [3.05, 3.63) is 35.4 Å². The summed E-state index contributed by atoms with van der Waals surface area (Å²) in [6.07, 6.45) is 1.66. The highest BCUT2D eigenvalue weighted by Gasteiger charge is 2.32. The second kappa shape index (κ2) is 3.59. The van der Waals surface area contributed by atoms with Crippen molar-refractivity contribution in [2.24, 2.45) is 0 Å². The van der Waals surface area contributed by atoms with E-state index < -0.39 is 0 Å². The van der Waals surface area contributed by atoms with Crippen LogP contribution in [0.4, 0.5) is 0 Å². The summed E-state index contributed by atoms with van der Waals surface area (Å²) < 4.78 is 5.87. The van der Waals surface area contributed by atoms with Gasteiger partial charge in [0, 0.05) is 6.54 Å². The molecule has 1 heterocycles. The highest BCUT2D eigenvalue weighted by Crippen LogP contribution is 2.32. The van der Waals surface area contributed by atoms with Gasteiger partial charge in [-0.15, -0.1) is 0 Å². The molecule has 1 atom stereocenters. The maximum Gasteiger partial charge on any atom is 0.135 e.